The van der Waals surface area contributed by atoms with Crippen LogP contribution in [0.1, 0.15) is 24.0 Å². The molecule has 1 atom stereocenters. The highest BCUT2D eigenvalue weighted by molar-refractivity contribution is 5.87. The lowest BCUT2D eigenvalue weighted by Crippen LogP contribution is -2.26. The summed E-state index contributed by atoms with van der Waals surface area (Å²) in [6.07, 6.45) is 7.14. The van der Waals surface area contributed by atoms with Crippen LogP contribution < -0.4 is 5.32 Å². The highest BCUT2D eigenvalue weighted by Crippen LogP contribution is 2.31. The number of hydrogen-bond acceptors (Lipinski definition) is 5. The third-order valence-corrected chi connectivity index (χ3v) is 5.47. The maximum Gasteiger partial charge on any atom is 0.314 e. The first kappa shape index (κ1) is 17.5. The second kappa shape index (κ2) is 7.00. The van der Waals surface area contributed by atoms with Gasteiger partial charge < -0.3 is 15.2 Å². The van der Waals surface area contributed by atoms with Gasteiger partial charge in [0, 0.05) is 40.6 Å². The van der Waals surface area contributed by atoms with Crippen LogP contribution >= 0.6 is 0 Å². The van der Waals surface area contributed by atoms with Gasteiger partial charge in [0.1, 0.15) is 0 Å². The third kappa shape index (κ3) is 3.38. The molecule has 3 aromatic rings. The number of pyridine rings is 1. The van der Waals surface area contributed by atoms with Crippen LogP contribution in [0.25, 0.3) is 10.9 Å². The Morgan fingerprint density at radius 3 is 3.00 bits per heavy atom. The Morgan fingerprint density at radius 2 is 2.26 bits per heavy atom. The van der Waals surface area contributed by atoms with Gasteiger partial charge in [-0.2, -0.15) is 0 Å². The minimum atomic E-state index is -0.388. The van der Waals surface area contributed by atoms with E-state index in [1.807, 2.05) is 18.2 Å². The molecule has 7 nitrogen and oxygen atoms in total. The molecule has 0 unspecified atom stereocenters. The summed E-state index contributed by atoms with van der Waals surface area (Å²) >= 11 is 0. The van der Waals surface area contributed by atoms with Crippen LogP contribution in [-0.2, 0) is 6.42 Å². The largest absolute Gasteiger partial charge is 0.361 e. The van der Waals surface area contributed by atoms with Crippen LogP contribution in [-0.4, -0.2) is 39.4 Å². The van der Waals surface area contributed by atoms with E-state index in [9.17, 15) is 10.1 Å². The molecular weight excluding hydrogens is 342 g/mol. The predicted molar refractivity (Wildman–Crippen MR) is 107 cm³/mol. The Hall–Kier alpha value is -2.93. The van der Waals surface area contributed by atoms with E-state index in [1.54, 1.807) is 19.2 Å². The fraction of sp³-hybridized carbons (Fsp3) is 0.350. The number of benzene rings is 1. The molecule has 0 amide bonds. The number of nitrogens with zero attached hydrogens (tertiary/aromatic N) is 3. The number of hydrogen-bond donors (Lipinski definition) is 2. The van der Waals surface area contributed by atoms with Gasteiger partial charge in [0.25, 0.3) is 0 Å². The summed E-state index contributed by atoms with van der Waals surface area (Å²) < 4.78 is 0. The first-order valence-corrected chi connectivity index (χ1v) is 9.20. The molecule has 1 aliphatic heterocycles. The molecule has 140 valence electrons. The fourth-order valence-electron chi connectivity index (χ4n) is 3.93. The van der Waals surface area contributed by atoms with Gasteiger partial charge in [-0.05, 0) is 69.6 Å². The number of aromatic nitrogens is 2. The van der Waals surface area contributed by atoms with E-state index < -0.39 is 0 Å². The molecule has 7 heteroatoms. The summed E-state index contributed by atoms with van der Waals surface area (Å²) in [4.78, 5) is 20.9. The Bertz CT molecular complexity index is 997. The van der Waals surface area contributed by atoms with Crippen LogP contribution in [0, 0.1) is 17.0 Å². The zero-order chi connectivity index (χ0) is 19.0. The molecule has 2 N–H and O–H groups in total. The minimum absolute atomic E-state index is 0.0134. The number of likely N-dealkylation sites (tertiary alicyclic amines) is 1. The van der Waals surface area contributed by atoms with Gasteiger partial charge in [-0.15, -0.1) is 0 Å². The van der Waals surface area contributed by atoms with Crippen molar-refractivity contribution in [3.8, 4) is 0 Å². The number of H-pyrrole nitrogens is 1. The monoisotopic (exact) mass is 365 g/mol. The Labute approximate surface area is 157 Å². The van der Waals surface area contributed by atoms with Crippen molar-refractivity contribution in [2.45, 2.75) is 32.2 Å². The molecule has 0 saturated carbocycles. The molecule has 1 saturated heterocycles. The molecule has 2 aromatic heterocycles. The predicted octanol–water partition coefficient (Wildman–Crippen LogP) is 4.16. The molecular formula is C20H23N5O2. The van der Waals surface area contributed by atoms with Gasteiger partial charge in [0.2, 0.25) is 5.82 Å². The lowest BCUT2D eigenvalue weighted by molar-refractivity contribution is -0.384. The maximum absolute atomic E-state index is 11.4. The SMILES string of the molecule is Cc1ccnc(Nc2ccc3[nH]cc(C[C@H]4CCCN4C)c3c2)c1[N+](=O)[O-]. The second-order valence-corrected chi connectivity index (χ2v) is 7.26. The number of aryl methyl sites for hydroxylation is 1. The van der Waals surface area contributed by atoms with E-state index in [2.05, 4.69) is 33.4 Å². The number of anilines is 2. The van der Waals surface area contributed by atoms with Crippen molar-refractivity contribution in [1.29, 1.82) is 0 Å². The zero-order valence-electron chi connectivity index (χ0n) is 15.5. The highest BCUT2D eigenvalue weighted by atomic mass is 16.6. The summed E-state index contributed by atoms with van der Waals surface area (Å²) in [5.74, 6) is 0.270. The summed E-state index contributed by atoms with van der Waals surface area (Å²) in [7, 11) is 2.18. The van der Waals surface area contributed by atoms with Crippen molar-refractivity contribution in [3.63, 3.8) is 0 Å². The van der Waals surface area contributed by atoms with Gasteiger partial charge in [-0.3, -0.25) is 10.1 Å². The third-order valence-electron chi connectivity index (χ3n) is 5.47. The summed E-state index contributed by atoms with van der Waals surface area (Å²) in [5, 5.41) is 15.7. The van der Waals surface area contributed by atoms with E-state index in [1.165, 1.54) is 18.4 Å². The molecule has 0 aliphatic carbocycles. The Kier molecular flexibility index (Phi) is 4.53. The molecule has 0 radical (unpaired) electrons. The first-order chi connectivity index (χ1) is 13.0. The molecule has 27 heavy (non-hydrogen) atoms. The minimum Gasteiger partial charge on any atom is -0.361 e. The number of fused-ring (bicyclic) bond motifs is 1. The Balaban J connectivity index is 1.65. The smallest absolute Gasteiger partial charge is 0.314 e. The van der Waals surface area contributed by atoms with E-state index >= 15 is 0 Å². The number of nitro groups is 1. The quantitative estimate of drug-likeness (QED) is 0.524. The van der Waals surface area contributed by atoms with Gasteiger partial charge in [-0.1, -0.05) is 0 Å². The average molecular weight is 365 g/mol. The molecule has 4 rings (SSSR count). The van der Waals surface area contributed by atoms with Crippen molar-refractivity contribution in [3.05, 3.63) is 57.9 Å². The van der Waals surface area contributed by atoms with Gasteiger partial charge in [-0.25, -0.2) is 4.98 Å². The van der Waals surface area contributed by atoms with Crippen molar-refractivity contribution in [1.82, 2.24) is 14.9 Å². The maximum atomic E-state index is 11.4. The molecule has 0 bridgehead atoms. The zero-order valence-corrected chi connectivity index (χ0v) is 15.5. The summed E-state index contributed by atoms with van der Waals surface area (Å²) in [6, 6.07) is 8.18. The van der Waals surface area contributed by atoms with Crippen molar-refractivity contribution < 1.29 is 4.92 Å². The number of nitrogens with one attached hydrogen (secondary N) is 2. The van der Waals surface area contributed by atoms with Gasteiger partial charge in [0.05, 0.1) is 4.92 Å². The fourth-order valence-corrected chi connectivity index (χ4v) is 3.93. The normalized spacial score (nSPS) is 17.5. The van der Waals surface area contributed by atoms with Crippen molar-refractivity contribution in [2.24, 2.45) is 0 Å². The van der Waals surface area contributed by atoms with E-state index in [4.69, 9.17) is 0 Å². The van der Waals surface area contributed by atoms with Crippen molar-refractivity contribution >= 4 is 28.1 Å². The van der Waals surface area contributed by atoms with Crippen LogP contribution in [0.2, 0.25) is 0 Å². The lowest BCUT2D eigenvalue weighted by Gasteiger charge is -2.18. The van der Waals surface area contributed by atoms with Crippen LogP contribution in [0.5, 0.6) is 0 Å². The van der Waals surface area contributed by atoms with Gasteiger partial charge >= 0.3 is 5.69 Å². The van der Waals surface area contributed by atoms with Crippen LogP contribution in [0.15, 0.2) is 36.7 Å². The number of rotatable bonds is 5. The summed E-state index contributed by atoms with van der Waals surface area (Å²) in [5.41, 5.74) is 3.75. The van der Waals surface area contributed by atoms with E-state index in [0.29, 0.717) is 11.6 Å². The second-order valence-electron chi connectivity index (χ2n) is 7.26. The number of aromatic amines is 1. The van der Waals surface area contributed by atoms with Crippen LogP contribution in [0.4, 0.5) is 17.2 Å². The Morgan fingerprint density at radius 1 is 1.41 bits per heavy atom. The van der Waals surface area contributed by atoms with Crippen molar-refractivity contribution in [2.75, 3.05) is 18.9 Å². The van der Waals surface area contributed by atoms with E-state index in [0.717, 1.165) is 29.6 Å². The lowest BCUT2D eigenvalue weighted by atomic mass is 10.0. The molecule has 1 aromatic carbocycles. The first-order valence-electron chi connectivity index (χ1n) is 9.20. The molecule has 1 fully saturated rings. The standard InChI is InChI=1S/C20H23N5O2/c1-13-7-8-21-20(19(13)25(26)27)23-15-5-6-18-17(11-15)14(12-22-18)10-16-4-3-9-24(16)2/h5-8,11-12,16,22H,3-4,9-10H2,1-2H3,(H,21,23)/t16-/m1/s1. The van der Waals surface area contributed by atoms with Crippen LogP contribution in [0.3, 0.4) is 0 Å². The number of likely N-dealkylation sites (N-methyl/N-ethyl adjacent to an activating group) is 1. The van der Waals surface area contributed by atoms with Gasteiger partial charge in [0.15, 0.2) is 0 Å². The average Bonchev–Trinajstić information content (AvgIpc) is 3.21. The summed E-state index contributed by atoms with van der Waals surface area (Å²) in [6.45, 7) is 2.87. The topological polar surface area (TPSA) is 87.1 Å². The molecule has 3 heterocycles. The molecule has 0 spiro atoms. The molecule has 1 aliphatic rings. The van der Waals surface area contributed by atoms with E-state index in [-0.39, 0.29) is 16.4 Å². The highest BCUT2D eigenvalue weighted by Gasteiger charge is 2.22.